The van der Waals surface area contributed by atoms with Gasteiger partial charge >= 0.3 is 0 Å². The van der Waals surface area contributed by atoms with Crippen LogP contribution in [0.5, 0.6) is 0 Å². The predicted octanol–water partition coefficient (Wildman–Crippen LogP) is 4.68. The number of aromatic nitrogens is 1. The number of pyridine rings is 1. The van der Waals surface area contributed by atoms with E-state index in [2.05, 4.69) is 56.2 Å². The number of hydrogen-bond donors (Lipinski definition) is 1. The van der Waals surface area contributed by atoms with Crippen LogP contribution in [0.25, 0.3) is 10.9 Å². The highest BCUT2D eigenvalue weighted by Crippen LogP contribution is 2.40. The van der Waals surface area contributed by atoms with Crippen molar-refractivity contribution < 1.29 is 0 Å². The molecule has 0 bridgehead atoms. The number of nitrogens with one attached hydrogen (secondary N) is 1. The van der Waals surface area contributed by atoms with E-state index in [-0.39, 0.29) is 0 Å². The van der Waals surface area contributed by atoms with Crippen molar-refractivity contribution in [1.29, 1.82) is 0 Å². The minimum Gasteiger partial charge on any atom is -0.384 e. The van der Waals surface area contributed by atoms with Gasteiger partial charge in [0.2, 0.25) is 0 Å². The second kappa shape index (κ2) is 4.82. The van der Waals surface area contributed by atoms with Crippen LogP contribution in [-0.2, 0) is 12.8 Å². The van der Waals surface area contributed by atoms with E-state index >= 15 is 0 Å². The molecule has 1 aromatic heterocycles. The van der Waals surface area contributed by atoms with E-state index in [4.69, 9.17) is 4.98 Å². The summed E-state index contributed by atoms with van der Waals surface area (Å²) in [4.78, 5) is 4.84. The molecule has 1 heterocycles. The second-order valence-corrected chi connectivity index (χ2v) is 6.26. The molecule has 3 rings (SSSR count). The van der Waals surface area contributed by atoms with Crippen LogP contribution in [0.2, 0.25) is 0 Å². The molecule has 0 fully saturated rings. The van der Waals surface area contributed by atoms with Gasteiger partial charge in [-0.3, -0.25) is 4.98 Å². The van der Waals surface area contributed by atoms with E-state index in [1.165, 1.54) is 28.8 Å². The Hall–Kier alpha value is -0.610. The number of benzene rings is 1. The number of fused-ring (bicyclic) bond motifs is 2. The van der Waals surface area contributed by atoms with E-state index in [1.807, 2.05) is 0 Å². The molecule has 1 aliphatic rings. The van der Waals surface area contributed by atoms with Gasteiger partial charge in [-0.1, -0.05) is 15.9 Å². The van der Waals surface area contributed by atoms with Crippen molar-refractivity contribution in [3.8, 4) is 0 Å². The Balaban J connectivity index is 2.42. The minimum absolute atomic E-state index is 0.935. The maximum atomic E-state index is 4.84. The summed E-state index contributed by atoms with van der Waals surface area (Å²) in [6, 6.07) is 4.13. The molecule has 0 atom stereocenters. The molecule has 0 amide bonds. The van der Waals surface area contributed by atoms with Gasteiger partial charge in [0.05, 0.1) is 5.52 Å². The van der Waals surface area contributed by atoms with E-state index in [1.54, 1.807) is 0 Å². The van der Waals surface area contributed by atoms with Crippen LogP contribution in [-0.4, -0.2) is 11.5 Å². The van der Waals surface area contributed by atoms with Gasteiger partial charge in [0.15, 0.2) is 0 Å². The van der Waals surface area contributed by atoms with Gasteiger partial charge in [0, 0.05) is 32.3 Å². The first kappa shape index (κ1) is 12.4. The fourth-order valence-electron chi connectivity index (χ4n) is 2.67. The maximum Gasteiger partial charge on any atom is 0.0879 e. The lowest BCUT2D eigenvalue weighted by Gasteiger charge is -2.15. The Labute approximate surface area is 123 Å². The molecule has 0 radical (unpaired) electrons. The second-order valence-electron chi connectivity index (χ2n) is 4.55. The molecule has 0 unspecified atom stereocenters. The van der Waals surface area contributed by atoms with Crippen molar-refractivity contribution in [3.63, 3.8) is 0 Å². The zero-order valence-corrected chi connectivity index (χ0v) is 13.4. The summed E-state index contributed by atoms with van der Waals surface area (Å²) in [6.45, 7) is 3.07. The average Bonchev–Trinajstić information content (AvgIpc) is 2.82. The lowest BCUT2D eigenvalue weighted by Crippen LogP contribution is -2.04. The third-order valence-corrected chi connectivity index (χ3v) is 4.72. The molecule has 94 valence electrons. The predicted molar refractivity (Wildman–Crippen MR) is 83.3 cm³/mol. The molecule has 18 heavy (non-hydrogen) atoms. The summed E-state index contributed by atoms with van der Waals surface area (Å²) in [7, 11) is 0. The Bertz CT molecular complexity index is 623. The molecule has 2 nitrogen and oxygen atoms in total. The van der Waals surface area contributed by atoms with Gasteiger partial charge in [-0.15, -0.1) is 0 Å². The SMILES string of the molecule is CCNc1c2c(nc3c(Br)ccc(Br)c13)CCC2. The van der Waals surface area contributed by atoms with Crippen molar-refractivity contribution in [3.05, 3.63) is 32.3 Å². The van der Waals surface area contributed by atoms with Gasteiger partial charge < -0.3 is 5.32 Å². The first-order valence-corrected chi connectivity index (χ1v) is 7.84. The van der Waals surface area contributed by atoms with Crippen LogP contribution in [0, 0.1) is 0 Å². The molecule has 0 saturated carbocycles. The number of hydrogen-bond acceptors (Lipinski definition) is 2. The lowest BCUT2D eigenvalue weighted by atomic mass is 10.1. The number of anilines is 1. The molecule has 0 saturated heterocycles. The van der Waals surface area contributed by atoms with Crippen molar-refractivity contribution in [1.82, 2.24) is 4.98 Å². The normalized spacial score (nSPS) is 13.9. The summed E-state index contributed by atoms with van der Waals surface area (Å²) >= 11 is 7.27. The zero-order valence-electron chi connectivity index (χ0n) is 10.2. The summed E-state index contributed by atoms with van der Waals surface area (Å²) in [5.41, 5.74) is 4.99. The summed E-state index contributed by atoms with van der Waals surface area (Å²) in [5.74, 6) is 0. The Morgan fingerprint density at radius 3 is 2.78 bits per heavy atom. The maximum absolute atomic E-state index is 4.84. The van der Waals surface area contributed by atoms with Crippen molar-refractivity contribution in [2.24, 2.45) is 0 Å². The van der Waals surface area contributed by atoms with Crippen LogP contribution in [0.3, 0.4) is 0 Å². The van der Waals surface area contributed by atoms with Crippen molar-refractivity contribution in [2.45, 2.75) is 26.2 Å². The molecular formula is C14H14Br2N2. The van der Waals surface area contributed by atoms with Gasteiger partial charge in [-0.05, 0) is 59.8 Å². The highest BCUT2D eigenvalue weighted by atomic mass is 79.9. The molecule has 1 N–H and O–H groups in total. The minimum atomic E-state index is 0.935. The Morgan fingerprint density at radius 1 is 1.22 bits per heavy atom. The molecule has 0 aliphatic heterocycles. The molecule has 4 heteroatoms. The van der Waals surface area contributed by atoms with Gasteiger partial charge in [0.25, 0.3) is 0 Å². The van der Waals surface area contributed by atoms with E-state index in [0.717, 1.165) is 33.8 Å². The molecule has 1 aromatic carbocycles. The highest BCUT2D eigenvalue weighted by molar-refractivity contribution is 9.11. The van der Waals surface area contributed by atoms with E-state index < -0.39 is 0 Å². The standard InChI is InChI=1S/C14H14Br2N2/c1-2-17-13-8-4-3-5-11(8)18-14-10(16)7-6-9(15)12(13)14/h6-7H,2-5H2,1H3,(H,17,18). The van der Waals surface area contributed by atoms with Gasteiger partial charge in [-0.25, -0.2) is 0 Å². The van der Waals surface area contributed by atoms with Crippen LogP contribution < -0.4 is 5.32 Å². The van der Waals surface area contributed by atoms with Crippen LogP contribution in [0.4, 0.5) is 5.69 Å². The number of nitrogens with zero attached hydrogens (tertiary/aromatic N) is 1. The van der Waals surface area contributed by atoms with Crippen LogP contribution in [0.1, 0.15) is 24.6 Å². The zero-order chi connectivity index (χ0) is 12.7. The third kappa shape index (κ3) is 1.86. The van der Waals surface area contributed by atoms with Crippen LogP contribution >= 0.6 is 31.9 Å². The fraction of sp³-hybridized carbons (Fsp3) is 0.357. The highest BCUT2D eigenvalue weighted by Gasteiger charge is 2.21. The lowest BCUT2D eigenvalue weighted by molar-refractivity contribution is 0.901. The van der Waals surface area contributed by atoms with Gasteiger partial charge in [-0.2, -0.15) is 0 Å². The van der Waals surface area contributed by atoms with Gasteiger partial charge in [0.1, 0.15) is 0 Å². The number of halogens is 2. The van der Waals surface area contributed by atoms with Crippen LogP contribution in [0.15, 0.2) is 21.1 Å². The Kier molecular flexibility index (Phi) is 3.32. The summed E-state index contributed by atoms with van der Waals surface area (Å²) in [5, 5.41) is 4.73. The molecule has 0 spiro atoms. The topological polar surface area (TPSA) is 24.9 Å². The molecular weight excluding hydrogens is 356 g/mol. The van der Waals surface area contributed by atoms with Crippen molar-refractivity contribution in [2.75, 3.05) is 11.9 Å². The number of aryl methyl sites for hydroxylation is 1. The monoisotopic (exact) mass is 368 g/mol. The van der Waals surface area contributed by atoms with Crippen molar-refractivity contribution >= 4 is 48.5 Å². The fourth-order valence-corrected chi connectivity index (χ4v) is 3.60. The smallest absolute Gasteiger partial charge is 0.0879 e. The first-order valence-electron chi connectivity index (χ1n) is 6.25. The number of rotatable bonds is 2. The summed E-state index contributed by atoms with van der Waals surface area (Å²) < 4.78 is 2.17. The van der Waals surface area contributed by atoms with E-state index in [0.29, 0.717) is 0 Å². The third-order valence-electron chi connectivity index (χ3n) is 3.42. The summed E-state index contributed by atoms with van der Waals surface area (Å²) in [6.07, 6.45) is 3.45. The average molecular weight is 370 g/mol. The first-order chi connectivity index (χ1) is 8.72. The van der Waals surface area contributed by atoms with E-state index in [9.17, 15) is 0 Å². The molecule has 1 aliphatic carbocycles. The quantitative estimate of drug-likeness (QED) is 0.831. The Morgan fingerprint density at radius 2 is 2.00 bits per heavy atom. The largest absolute Gasteiger partial charge is 0.384 e. The molecule has 2 aromatic rings.